The van der Waals surface area contributed by atoms with Gasteiger partial charge in [0.05, 0.1) is 19.2 Å². The molecule has 0 fully saturated rings. The van der Waals surface area contributed by atoms with E-state index in [0.717, 1.165) is 5.56 Å². The Bertz CT molecular complexity index is 752. The maximum absolute atomic E-state index is 12.3. The van der Waals surface area contributed by atoms with Crippen molar-refractivity contribution in [3.05, 3.63) is 52.0 Å². The Morgan fingerprint density at radius 3 is 2.48 bits per heavy atom. The van der Waals surface area contributed by atoms with Gasteiger partial charge in [-0.15, -0.1) is 0 Å². The van der Waals surface area contributed by atoms with E-state index in [4.69, 9.17) is 37.4 Å². The first-order valence-corrected chi connectivity index (χ1v) is 8.23. The number of amides is 1. The van der Waals surface area contributed by atoms with Crippen LogP contribution in [0.15, 0.2) is 36.4 Å². The van der Waals surface area contributed by atoms with Crippen LogP contribution in [0, 0.1) is 0 Å². The summed E-state index contributed by atoms with van der Waals surface area (Å²) in [7, 11) is 4.82. The number of hydrogen-bond acceptors (Lipinski definition) is 4. The number of halogens is 2. The molecule has 2 aromatic rings. The summed E-state index contributed by atoms with van der Waals surface area (Å²) in [5.74, 6) is 1.43. The molecule has 5 nitrogen and oxygen atoms in total. The van der Waals surface area contributed by atoms with Crippen LogP contribution in [0.5, 0.6) is 17.2 Å². The van der Waals surface area contributed by atoms with E-state index in [1.807, 2.05) is 12.1 Å². The molecule has 134 valence electrons. The van der Waals surface area contributed by atoms with Gasteiger partial charge in [0.1, 0.15) is 5.75 Å². The van der Waals surface area contributed by atoms with Gasteiger partial charge in [0, 0.05) is 24.2 Å². The number of benzene rings is 2. The van der Waals surface area contributed by atoms with E-state index in [9.17, 15) is 4.79 Å². The van der Waals surface area contributed by atoms with Crippen LogP contribution in [0.2, 0.25) is 10.0 Å². The Kier molecular flexibility index (Phi) is 6.79. The maximum Gasteiger partial charge on any atom is 0.260 e. The Hall–Kier alpha value is -2.11. The minimum atomic E-state index is -0.198. The molecule has 0 radical (unpaired) electrons. The van der Waals surface area contributed by atoms with Crippen LogP contribution in [0.3, 0.4) is 0 Å². The summed E-state index contributed by atoms with van der Waals surface area (Å²) < 4.78 is 16.1. The second-order valence-corrected chi connectivity index (χ2v) is 6.11. The second-order valence-electron chi connectivity index (χ2n) is 5.27. The SMILES string of the molecule is COc1cccc(CN(C)C(=O)COc2ccc(Cl)cc2Cl)c1OC. The average molecular weight is 384 g/mol. The molecule has 0 aromatic heterocycles. The molecular formula is C18H19Cl2NO4. The van der Waals surface area contributed by atoms with Gasteiger partial charge in [-0.1, -0.05) is 35.3 Å². The van der Waals surface area contributed by atoms with Crippen LogP contribution in [0.1, 0.15) is 5.56 Å². The van der Waals surface area contributed by atoms with E-state index in [0.29, 0.717) is 33.8 Å². The molecule has 0 aliphatic rings. The molecule has 0 saturated carbocycles. The van der Waals surface area contributed by atoms with Crippen LogP contribution in [0.25, 0.3) is 0 Å². The normalized spacial score (nSPS) is 10.3. The highest BCUT2D eigenvalue weighted by Crippen LogP contribution is 2.31. The number of nitrogens with zero attached hydrogens (tertiary/aromatic N) is 1. The Balaban J connectivity index is 2.01. The number of carbonyl (C=O) groups excluding carboxylic acids is 1. The predicted molar refractivity (Wildman–Crippen MR) is 98.0 cm³/mol. The van der Waals surface area contributed by atoms with Crippen LogP contribution in [-0.4, -0.2) is 38.7 Å². The van der Waals surface area contributed by atoms with E-state index in [2.05, 4.69) is 0 Å². The van der Waals surface area contributed by atoms with Gasteiger partial charge in [0.15, 0.2) is 18.1 Å². The first-order valence-electron chi connectivity index (χ1n) is 7.48. The Labute approximate surface area is 157 Å². The minimum Gasteiger partial charge on any atom is -0.493 e. The van der Waals surface area contributed by atoms with Gasteiger partial charge in [-0.2, -0.15) is 0 Å². The molecule has 0 aliphatic carbocycles. The lowest BCUT2D eigenvalue weighted by Gasteiger charge is -2.20. The molecule has 0 aliphatic heterocycles. The number of methoxy groups -OCH3 is 2. The first kappa shape index (κ1) is 19.2. The van der Waals surface area contributed by atoms with Crippen molar-refractivity contribution in [1.29, 1.82) is 0 Å². The zero-order valence-corrected chi connectivity index (χ0v) is 15.7. The zero-order valence-electron chi connectivity index (χ0n) is 14.2. The van der Waals surface area contributed by atoms with E-state index in [1.165, 1.54) is 0 Å². The van der Waals surface area contributed by atoms with E-state index in [-0.39, 0.29) is 12.5 Å². The Morgan fingerprint density at radius 1 is 1.08 bits per heavy atom. The monoisotopic (exact) mass is 383 g/mol. The first-order chi connectivity index (χ1) is 12.0. The summed E-state index contributed by atoms with van der Waals surface area (Å²) in [6, 6.07) is 10.4. The van der Waals surface area contributed by atoms with Crippen molar-refractivity contribution in [2.75, 3.05) is 27.9 Å². The summed E-state index contributed by atoms with van der Waals surface area (Å²) >= 11 is 11.9. The fraction of sp³-hybridized carbons (Fsp3) is 0.278. The molecule has 0 bridgehead atoms. The molecule has 0 heterocycles. The number of hydrogen-bond donors (Lipinski definition) is 0. The van der Waals surface area contributed by atoms with E-state index in [1.54, 1.807) is 50.4 Å². The van der Waals surface area contributed by atoms with Crippen molar-refractivity contribution in [1.82, 2.24) is 4.90 Å². The quantitative estimate of drug-likeness (QED) is 0.723. The highest BCUT2D eigenvalue weighted by molar-refractivity contribution is 6.35. The zero-order chi connectivity index (χ0) is 18.4. The van der Waals surface area contributed by atoms with Crippen LogP contribution in [0.4, 0.5) is 0 Å². The fourth-order valence-electron chi connectivity index (χ4n) is 2.26. The molecule has 7 heteroatoms. The third kappa shape index (κ3) is 4.94. The van der Waals surface area contributed by atoms with Crippen LogP contribution >= 0.6 is 23.2 Å². The predicted octanol–water partition coefficient (Wildman–Crippen LogP) is 4.05. The summed E-state index contributed by atoms with van der Waals surface area (Å²) in [5.41, 5.74) is 0.835. The number of rotatable bonds is 7. The lowest BCUT2D eigenvalue weighted by Crippen LogP contribution is -2.31. The third-order valence-electron chi connectivity index (χ3n) is 3.56. The van der Waals surface area contributed by atoms with E-state index >= 15 is 0 Å². The van der Waals surface area contributed by atoms with Crippen LogP contribution < -0.4 is 14.2 Å². The number of ether oxygens (including phenoxy) is 3. The molecule has 25 heavy (non-hydrogen) atoms. The fourth-order valence-corrected chi connectivity index (χ4v) is 2.73. The summed E-state index contributed by atoms with van der Waals surface area (Å²) in [6.45, 7) is 0.223. The van der Waals surface area contributed by atoms with Crippen molar-refractivity contribution < 1.29 is 19.0 Å². The molecule has 2 rings (SSSR count). The average Bonchev–Trinajstić information content (AvgIpc) is 2.60. The van der Waals surface area contributed by atoms with Crippen molar-refractivity contribution >= 4 is 29.1 Å². The maximum atomic E-state index is 12.3. The molecule has 0 saturated heterocycles. The summed E-state index contributed by atoms with van der Waals surface area (Å²) in [4.78, 5) is 13.9. The third-order valence-corrected chi connectivity index (χ3v) is 4.09. The lowest BCUT2D eigenvalue weighted by atomic mass is 10.1. The number of para-hydroxylation sites is 1. The number of carbonyl (C=O) groups is 1. The van der Waals surface area contributed by atoms with Gasteiger partial charge in [0.2, 0.25) is 0 Å². The van der Waals surface area contributed by atoms with Gasteiger partial charge >= 0.3 is 0 Å². The standard InChI is InChI=1S/C18H19Cl2NO4/c1-21(10-12-5-4-6-16(23-2)18(12)24-3)17(22)11-25-15-8-7-13(19)9-14(15)20/h4-9H,10-11H2,1-3H3. The van der Waals surface area contributed by atoms with Crippen LogP contribution in [-0.2, 0) is 11.3 Å². The van der Waals surface area contributed by atoms with Gasteiger partial charge in [-0.05, 0) is 24.3 Å². The molecule has 0 N–H and O–H groups in total. The molecule has 0 atom stereocenters. The van der Waals surface area contributed by atoms with Gasteiger partial charge in [0.25, 0.3) is 5.91 Å². The molecule has 1 amide bonds. The minimum absolute atomic E-state index is 0.135. The second kappa shape index (κ2) is 8.83. The molecular weight excluding hydrogens is 365 g/mol. The highest BCUT2D eigenvalue weighted by Gasteiger charge is 2.16. The number of likely N-dealkylation sites (N-methyl/N-ethyl adjacent to an activating group) is 1. The molecule has 0 unspecified atom stereocenters. The van der Waals surface area contributed by atoms with Crippen molar-refractivity contribution in [3.8, 4) is 17.2 Å². The van der Waals surface area contributed by atoms with E-state index < -0.39 is 0 Å². The topological polar surface area (TPSA) is 48.0 Å². The van der Waals surface area contributed by atoms with Crippen molar-refractivity contribution in [2.45, 2.75) is 6.54 Å². The smallest absolute Gasteiger partial charge is 0.260 e. The highest BCUT2D eigenvalue weighted by atomic mass is 35.5. The Morgan fingerprint density at radius 2 is 1.84 bits per heavy atom. The van der Waals surface area contributed by atoms with Crippen molar-refractivity contribution in [3.63, 3.8) is 0 Å². The molecule has 2 aromatic carbocycles. The molecule has 0 spiro atoms. The van der Waals surface area contributed by atoms with Gasteiger partial charge in [-0.25, -0.2) is 0 Å². The largest absolute Gasteiger partial charge is 0.493 e. The summed E-state index contributed by atoms with van der Waals surface area (Å²) in [5, 5.41) is 0.864. The van der Waals surface area contributed by atoms with Gasteiger partial charge in [-0.3, -0.25) is 4.79 Å². The van der Waals surface area contributed by atoms with Gasteiger partial charge < -0.3 is 19.1 Å². The van der Waals surface area contributed by atoms with Crippen molar-refractivity contribution in [2.24, 2.45) is 0 Å². The lowest BCUT2D eigenvalue weighted by molar-refractivity contribution is -0.132. The summed E-state index contributed by atoms with van der Waals surface area (Å²) in [6.07, 6.45) is 0.